The number of rotatable bonds is 4. The van der Waals surface area contributed by atoms with E-state index in [4.69, 9.17) is 4.74 Å². The van der Waals surface area contributed by atoms with E-state index in [0.717, 1.165) is 5.56 Å². The Bertz CT molecular complexity index is 603. The molecule has 0 radical (unpaired) electrons. The number of carbonyl (C=O) groups excluding carboxylic acids is 2. The minimum atomic E-state index is -1.07. The highest BCUT2D eigenvalue weighted by Crippen LogP contribution is 2.51. The van der Waals surface area contributed by atoms with Gasteiger partial charge in [0.2, 0.25) is 0 Å². The Hall–Kier alpha value is -1.84. The number of carboxylic acids is 1. The Kier molecular flexibility index (Phi) is 4.32. The maximum atomic E-state index is 13.0. The van der Waals surface area contributed by atoms with Gasteiger partial charge in [-0.25, -0.2) is 0 Å². The van der Waals surface area contributed by atoms with E-state index in [2.05, 4.69) is 0 Å². The van der Waals surface area contributed by atoms with Gasteiger partial charge >= 0.3 is 0 Å². The monoisotopic (exact) mass is 303 g/mol. The third-order valence-electron chi connectivity index (χ3n) is 5.41. The second-order valence-corrected chi connectivity index (χ2v) is 6.89. The summed E-state index contributed by atoms with van der Waals surface area (Å²) in [5.41, 5.74) is 1.05. The molecule has 22 heavy (non-hydrogen) atoms. The standard InChI is InChI=1S/C18H24O4/c1-10-6-7-15(22-5)13(8-10)16(19)12-9-14(17(20)21)18(3,4)11(12)2/h6-8,11-12,14H,9H2,1-5H3,(H,20,21)/p-1. The summed E-state index contributed by atoms with van der Waals surface area (Å²) in [4.78, 5) is 24.3. The van der Waals surface area contributed by atoms with Crippen molar-refractivity contribution in [3.8, 4) is 5.75 Å². The summed E-state index contributed by atoms with van der Waals surface area (Å²) in [5.74, 6) is -1.53. The molecule has 1 aromatic carbocycles. The number of benzene rings is 1. The number of carboxylic acid groups (broad SMARTS) is 1. The summed E-state index contributed by atoms with van der Waals surface area (Å²) >= 11 is 0. The van der Waals surface area contributed by atoms with Crippen molar-refractivity contribution >= 4 is 11.8 Å². The van der Waals surface area contributed by atoms with Crippen LogP contribution in [-0.2, 0) is 4.79 Å². The first-order valence-electron chi connectivity index (χ1n) is 7.59. The van der Waals surface area contributed by atoms with Crippen molar-refractivity contribution in [3.05, 3.63) is 29.3 Å². The van der Waals surface area contributed by atoms with E-state index in [1.807, 2.05) is 39.8 Å². The lowest BCUT2D eigenvalue weighted by Crippen LogP contribution is -2.38. The predicted molar refractivity (Wildman–Crippen MR) is 81.6 cm³/mol. The van der Waals surface area contributed by atoms with Crippen LogP contribution in [-0.4, -0.2) is 18.9 Å². The van der Waals surface area contributed by atoms with Crippen molar-refractivity contribution in [2.45, 2.75) is 34.1 Å². The number of aryl methyl sites for hydroxylation is 1. The maximum absolute atomic E-state index is 13.0. The SMILES string of the molecule is COc1ccc(C)cc1C(=O)C1CC(C(=O)[O-])C(C)(C)C1C. The van der Waals surface area contributed by atoms with Crippen molar-refractivity contribution in [2.24, 2.45) is 23.2 Å². The number of hydrogen-bond acceptors (Lipinski definition) is 4. The van der Waals surface area contributed by atoms with Gasteiger partial charge in [-0.1, -0.05) is 32.4 Å². The smallest absolute Gasteiger partial charge is 0.169 e. The Morgan fingerprint density at radius 3 is 2.45 bits per heavy atom. The molecule has 120 valence electrons. The predicted octanol–water partition coefficient (Wildman–Crippen LogP) is 2.23. The number of ether oxygens (including phenoxy) is 1. The molecule has 4 nitrogen and oxygen atoms in total. The minimum Gasteiger partial charge on any atom is -0.550 e. The molecule has 0 spiro atoms. The van der Waals surface area contributed by atoms with Crippen LogP contribution in [0, 0.1) is 30.1 Å². The van der Waals surface area contributed by atoms with E-state index in [1.54, 1.807) is 6.07 Å². The van der Waals surface area contributed by atoms with Crippen LogP contribution in [0.5, 0.6) is 5.75 Å². The van der Waals surface area contributed by atoms with Gasteiger partial charge in [0.1, 0.15) is 5.75 Å². The average Bonchev–Trinajstić information content (AvgIpc) is 2.69. The molecule has 3 atom stereocenters. The summed E-state index contributed by atoms with van der Waals surface area (Å²) < 4.78 is 5.29. The van der Waals surface area contributed by atoms with Gasteiger partial charge in [0.15, 0.2) is 5.78 Å². The Morgan fingerprint density at radius 2 is 1.95 bits per heavy atom. The zero-order chi connectivity index (χ0) is 16.7. The molecular formula is C18H23O4-. The normalized spacial score (nSPS) is 26.7. The molecule has 0 N–H and O–H groups in total. The summed E-state index contributed by atoms with van der Waals surface area (Å²) in [5, 5.41) is 11.4. The largest absolute Gasteiger partial charge is 0.550 e. The zero-order valence-electron chi connectivity index (χ0n) is 13.8. The fourth-order valence-electron chi connectivity index (χ4n) is 3.55. The van der Waals surface area contributed by atoms with Crippen LogP contribution in [0.1, 0.15) is 43.1 Å². The minimum absolute atomic E-state index is 0.0341. The van der Waals surface area contributed by atoms with Crippen LogP contribution >= 0.6 is 0 Å². The fraction of sp³-hybridized carbons (Fsp3) is 0.556. The Morgan fingerprint density at radius 1 is 1.32 bits per heavy atom. The fourth-order valence-corrected chi connectivity index (χ4v) is 3.55. The molecular weight excluding hydrogens is 280 g/mol. The van der Waals surface area contributed by atoms with Crippen LogP contribution in [0.25, 0.3) is 0 Å². The van der Waals surface area contributed by atoms with E-state index in [1.165, 1.54) is 7.11 Å². The van der Waals surface area contributed by atoms with Crippen LogP contribution in [0.15, 0.2) is 18.2 Å². The summed E-state index contributed by atoms with van der Waals surface area (Å²) in [6, 6.07) is 5.48. The number of methoxy groups -OCH3 is 1. The summed E-state index contributed by atoms with van der Waals surface area (Å²) in [7, 11) is 1.54. The van der Waals surface area contributed by atoms with Crippen LogP contribution in [0.2, 0.25) is 0 Å². The van der Waals surface area contributed by atoms with Crippen molar-refractivity contribution in [1.82, 2.24) is 0 Å². The molecule has 4 heteroatoms. The van der Waals surface area contributed by atoms with Gasteiger partial charge in [0.05, 0.1) is 12.7 Å². The molecule has 1 aliphatic rings. The zero-order valence-corrected chi connectivity index (χ0v) is 13.8. The van der Waals surface area contributed by atoms with E-state index >= 15 is 0 Å². The highest BCUT2D eigenvalue weighted by Gasteiger charge is 2.50. The summed E-state index contributed by atoms with van der Waals surface area (Å²) in [6.45, 7) is 7.67. The molecule has 0 aliphatic heterocycles. The molecule has 0 bridgehead atoms. The molecule has 0 heterocycles. The van der Waals surface area contributed by atoms with Gasteiger partial charge in [-0.3, -0.25) is 4.79 Å². The van der Waals surface area contributed by atoms with Crippen LogP contribution < -0.4 is 9.84 Å². The molecule has 1 saturated carbocycles. The van der Waals surface area contributed by atoms with Crippen molar-refractivity contribution in [2.75, 3.05) is 7.11 Å². The average molecular weight is 303 g/mol. The number of carbonyl (C=O) groups is 2. The van der Waals surface area contributed by atoms with Gasteiger partial charge in [-0.2, -0.15) is 0 Å². The van der Waals surface area contributed by atoms with E-state index in [9.17, 15) is 14.7 Å². The topological polar surface area (TPSA) is 66.4 Å². The second kappa shape index (κ2) is 5.75. The molecule has 3 unspecified atom stereocenters. The van der Waals surface area contributed by atoms with Gasteiger partial charge in [-0.05, 0) is 36.8 Å². The second-order valence-electron chi connectivity index (χ2n) is 6.89. The highest BCUT2D eigenvalue weighted by atomic mass is 16.5. The quantitative estimate of drug-likeness (QED) is 0.800. The lowest BCUT2D eigenvalue weighted by Gasteiger charge is -2.32. The van der Waals surface area contributed by atoms with E-state index in [0.29, 0.717) is 17.7 Å². The molecule has 0 amide bonds. The van der Waals surface area contributed by atoms with Crippen molar-refractivity contribution in [1.29, 1.82) is 0 Å². The third-order valence-corrected chi connectivity index (χ3v) is 5.41. The Balaban J connectivity index is 2.39. The van der Waals surface area contributed by atoms with Crippen molar-refractivity contribution < 1.29 is 19.4 Å². The molecule has 0 saturated heterocycles. The van der Waals surface area contributed by atoms with Gasteiger partial charge in [0, 0.05) is 17.8 Å². The van der Waals surface area contributed by atoms with Gasteiger partial charge in [-0.15, -0.1) is 0 Å². The third kappa shape index (κ3) is 2.62. The van der Waals surface area contributed by atoms with Gasteiger partial charge < -0.3 is 14.6 Å². The molecule has 1 aliphatic carbocycles. The number of hydrogen-bond donors (Lipinski definition) is 0. The van der Waals surface area contributed by atoms with E-state index in [-0.39, 0.29) is 17.6 Å². The Labute approximate surface area is 131 Å². The molecule has 1 fully saturated rings. The van der Waals surface area contributed by atoms with Crippen LogP contribution in [0.3, 0.4) is 0 Å². The van der Waals surface area contributed by atoms with E-state index < -0.39 is 17.3 Å². The molecule has 0 aromatic heterocycles. The lowest BCUT2D eigenvalue weighted by molar-refractivity contribution is -0.314. The first-order valence-corrected chi connectivity index (χ1v) is 7.59. The summed E-state index contributed by atoms with van der Waals surface area (Å²) in [6.07, 6.45) is 0.326. The molecule has 1 aromatic rings. The number of Topliss-reactive ketones (excluding diaryl/α,β-unsaturated/α-hetero) is 1. The first-order chi connectivity index (χ1) is 10.2. The van der Waals surface area contributed by atoms with Gasteiger partial charge in [0.25, 0.3) is 0 Å². The van der Waals surface area contributed by atoms with Crippen molar-refractivity contribution in [3.63, 3.8) is 0 Å². The lowest BCUT2D eigenvalue weighted by atomic mass is 9.74. The number of aliphatic carboxylic acids is 1. The first kappa shape index (κ1) is 16.5. The molecule has 2 rings (SSSR count). The number of ketones is 1. The van der Waals surface area contributed by atoms with Crippen LogP contribution in [0.4, 0.5) is 0 Å². The maximum Gasteiger partial charge on any atom is 0.169 e. The highest BCUT2D eigenvalue weighted by molar-refractivity contribution is 6.01.